The van der Waals surface area contributed by atoms with Crippen LogP contribution in [0.15, 0.2) is 65.3 Å². The minimum Gasteiger partial charge on any atom is -0.494 e. The molecule has 0 atom stereocenters. The lowest BCUT2D eigenvalue weighted by Gasteiger charge is -2.11. The Morgan fingerprint density at radius 1 is 1.00 bits per heavy atom. The Morgan fingerprint density at radius 2 is 1.86 bits per heavy atom. The van der Waals surface area contributed by atoms with E-state index < -0.39 is 0 Å². The van der Waals surface area contributed by atoms with E-state index in [4.69, 9.17) is 9.15 Å². The summed E-state index contributed by atoms with van der Waals surface area (Å²) in [6, 6.07) is 15.6. The molecule has 1 aromatic heterocycles. The fourth-order valence-electron chi connectivity index (χ4n) is 2.58. The molecular weight excluding hydrogens is 356 g/mol. The molecule has 144 valence electrons. The van der Waals surface area contributed by atoms with E-state index in [2.05, 4.69) is 10.6 Å². The maximum atomic E-state index is 12.6. The summed E-state index contributed by atoms with van der Waals surface area (Å²) in [7, 11) is 0. The van der Waals surface area contributed by atoms with Crippen molar-refractivity contribution in [1.82, 2.24) is 0 Å². The number of aryl methyl sites for hydroxylation is 1. The predicted molar refractivity (Wildman–Crippen MR) is 108 cm³/mol. The maximum Gasteiger partial charge on any atom is 0.291 e. The van der Waals surface area contributed by atoms with Gasteiger partial charge in [0.25, 0.3) is 11.8 Å². The standard InChI is InChI=1S/C22H22N2O4/c1-3-11-27-18-7-4-6-17(14-18)23-21(25)16-10-9-15(2)19(13-16)24-22(26)20-8-5-12-28-20/h4-10,12-14H,3,11H2,1-2H3,(H,23,25)(H,24,26). The summed E-state index contributed by atoms with van der Waals surface area (Å²) in [5.74, 6) is 0.265. The van der Waals surface area contributed by atoms with Gasteiger partial charge in [-0.3, -0.25) is 9.59 Å². The molecule has 0 aliphatic heterocycles. The average molecular weight is 378 g/mol. The molecule has 2 N–H and O–H groups in total. The summed E-state index contributed by atoms with van der Waals surface area (Å²) < 4.78 is 10.7. The number of ether oxygens (including phenoxy) is 1. The number of hydrogen-bond acceptors (Lipinski definition) is 4. The lowest BCUT2D eigenvalue weighted by atomic mass is 10.1. The number of carbonyl (C=O) groups excluding carboxylic acids is 2. The van der Waals surface area contributed by atoms with Crippen LogP contribution in [0.5, 0.6) is 5.75 Å². The summed E-state index contributed by atoms with van der Waals surface area (Å²) in [4.78, 5) is 24.8. The molecule has 2 amide bonds. The first-order valence-electron chi connectivity index (χ1n) is 9.06. The molecule has 0 radical (unpaired) electrons. The highest BCUT2D eigenvalue weighted by Crippen LogP contribution is 2.21. The highest BCUT2D eigenvalue weighted by molar-refractivity contribution is 6.07. The van der Waals surface area contributed by atoms with Crippen LogP contribution in [0.3, 0.4) is 0 Å². The van der Waals surface area contributed by atoms with Crippen molar-refractivity contribution in [3.63, 3.8) is 0 Å². The molecule has 0 aliphatic rings. The zero-order valence-corrected chi connectivity index (χ0v) is 15.8. The third-order valence-corrected chi connectivity index (χ3v) is 4.06. The van der Waals surface area contributed by atoms with Gasteiger partial charge in [-0.25, -0.2) is 0 Å². The van der Waals surface area contributed by atoms with Crippen molar-refractivity contribution in [3.8, 4) is 5.75 Å². The normalized spacial score (nSPS) is 10.4. The van der Waals surface area contributed by atoms with Crippen molar-refractivity contribution in [2.45, 2.75) is 20.3 Å². The first kappa shape index (κ1) is 19.2. The predicted octanol–water partition coefficient (Wildman–Crippen LogP) is 4.88. The summed E-state index contributed by atoms with van der Waals surface area (Å²) in [6.07, 6.45) is 2.34. The van der Waals surface area contributed by atoms with E-state index in [1.54, 1.807) is 42.5 Å². The fourth-order valence-corrected chi connectivity index (χ4v) is 2.58. The minimum atomic E-state index is -0.369. The number of furan rings is 1. The van der Waals surface area contributed by atoms with Gasteiger partial charge in [0.2, 0.25) is 0 Å². The quantitative estimate of drug-likeness (QED) is 0.614. The number of benzene rings is 2. The van der Waals surface area contributed by atoms with Crippen LogP contribution in [-0.4, -0.2) is 18.4 Å². The van der Waals surface area contributed by atoms with Crippen LogP contribution >= 0.6 is 0 Å². The van der Waals surface area contributed by atoms with Gasteiger partial charge in [-0.1, -0.05) is 19.1 Å². The van der Waals surface area contributed by atoms with Gasteiger partial charge in [-0.15, -0.1) is 0 Å². The molecule has 28 heavy (non-hydrogen) atoms. The van der Waals surface area contributed by atoms with Crippen molar-refractivity contribution in [3.05, 3.63) is 77.7 Å². The lowest BCUT2D eigenvalue weighted by Crippen LogP contribution is -2.15. The zero-order chi connectivity index (χ0) is 19.9. The summed E-state index contributed by atoms with van der Waals surface area (Å²) >= 11 is 0. The van der Waals surface area contributed by atoms with Crippen molar-refractivity contribution in [2.24, 2.45) is 0 Å². The molecule has 0 fully saturated rings. The van der Waals surface area contributed by atoms with Crippen LogP contribution in [0.4, 0.5) is 11.4 Å². The van der Waals surface area contributed by atoms with E-state index in [-0.39, 0.29) is 17.6 Å². The second-order valence-corrected chi connectivity index (χ2v) is 6.29. The van der Waals surface area contributed by atoms with Crippen LogP contribution in [0, 0.1) is 6.92 Å². The number of amides is 2. The molecule has 0 bridgehead atoms. The summed E-state index contributed by atoms with van der Waals surface area (Å²) in [6.45, 7) is 4.51. The fraction of sp³-hybridized carbons (Fsp3) is 0.182. The minimum absolute atomic E-state index is 0.207. The first-order valence-corrected chi connectivity index (χ1v) is 9.06. The van der Waals surface area contributed by atoms with Crippen LogP contribution in [0.2, 0.25) is 0 Å². The Kier molecular flexibility index (Phi) is 6.11. The van der Waals surface area contributed by atoms with E-state index in [0.717, 1.165) is 12.0 Å². The number of rotatable bonds is 7. The molecule has 0 spiro atoms. The third-order valence-electron chi connectivity index (χ3n) is 4.06. The second kappa shape index (κ2) is 8.90. The van der Waals surface area contributed by atoms with Crippen LogP contribution in [0.25, 0.3) is 0 Å². The SMILES string of the molecule is CCCOc1cccc(NC(=O)c2ccc(C)c(NC(=O)c3ccco3)c2)c1. The maximum absolute atomic E-state index is 12.6. The Bertz CT molecular complexity index is 964. The molecule has 6 nitrogen and oxygen atoms in total. The Morgan fingerprint density at radius 3 is 2.61 bits per heavy atom. The van der Waals surface area contributed by atoms with Gasteiger partial charge in [0, 0.05) is 23.0 Å². The van der Waals surface area contributed by atoms with Gasteiger partial charge in [0.05, 0.1) is 12.9 Å². The molecule has 0 saturated heterocycles. The van der Waals surface area contributed by atoms with Gasteiger partial charge in [-0.2, -0.15) is 0 Å². The van der Waals surface area contributed by atoms with Crippen molar-refractivity contribution < 1.29 is 18.7 Å². The largest absolute Gasteiger partial charge is 0.494 e. The number of hydrogen-bond donors (Lipinski definition) is 2. The molecule has 3 rings (SSSR count). The molecule has 0 unspecified atom stereocenters. The van der Waals surface area contributed by atoms with Crippen molar-refractivity contribution in [1.29, 1.82) is 0 Å². The van der Waals surface area contributed by atoms with Gasteiger partial charge < -0.3 is 19.8 Å². The number of carbonyl (C=O) groups is 2. The van der Waals surface area contributed by atoms with Gasteiger partial charge in [0.1, 0.15) is 5.75 Å². The average Bonchev–Trinajstić information content (AvgIpc) is 3.23. The van der Waals surface area contributed by atoms with E-state index in [1.807, 2.05) is 26.0 Å². The molecule has 0 saturated carbocycles. The lowest BCUT2D eigenvalue weighted by molar-refractivity contribution is 0.0993. The summed E-state index contributed by atoms with van der Waals surface area (Å²) in [5, 5.41) is 5.62. The topological polar surface area (TPSA) is 80.6 Å². The van der Waals surface area contributed by atoms with E-state index in [1.165, 1.54) is 6.26 Å². The van der Waals surface area contributed by atoms with Gasteiger partial charge >= 0.3 is 0 Å². The van der Waals surface area contributed by atoms with Crippen molar-refractivity contribution in [2.75, 3.05) is 17.2 Å². The monoisotopic (exact) mass is 378 g/mol. The zero-order valence-electron chi connectivity index (χ0n) is 15.8. The van der Waals surface area contributed by atoms with Crippen LogP contribution in [-0.2, 0) is 0 Å². The van der Waals surface area contributed by atoms with E-state index in [0.29, 0.717) is 29.3 Å². The van der Waals surface area contributed by atoms with Crippen LogP contribution < -0.4 is 15.4 Å². The molecule has 2 aromatic carbocycles. The Hall–Kier alpha value is -3.54. The van der Waals surface area contributed by atoms with Crippen molar-refractivity contribution >= 4 is 23.2 Å². The van der Waals surface area contributed by atoms with Crippen LogP contribution in [0.1, 0.15) is 39.8 Å². The molecule has 6 heteroatoms. The second-order valence-electron chi connectivity index (χ2n) is 6.29. The molecule has 3 aromatic rings. The van der Waals surface area contributed by atoms with Gasteiger partial charge in [-0.05, 0) is 55.3 Å². The Balaban J connectivity index is 1.73. The molecular formula is C22H22N2O4. The van der Waals surface area contributed by atoms with Gasteiger partial charge in [0.15, 0.2) is 5.76 Å². The van der Waals surface area contributed by atoms with E-state index >= 15 is 0 Å². The third kappa shape index (κ3) is 4.79. The first-order chi connectivity index (χ1) is 13.6. The van der Waals surface area contributed by atoms with E-state index in [9.17, 15) is 9.59 Å². The number of nitrogens with one attached hydrogen (secondary N) is 2. The smallest absolute Gasteiger partial charge is 0.291 e. The molecule has 1 heterocycles. The Labute approximate surface area is 163 Å². The highest BCUT2D eigenvalue weighted by atomic mass is 16.5. The summed E-state index contributed by atoms with van der Waals surface area (Å²) in [5.41, 5.74) is 2.46. The highest BCUT2D eigenvalue weighted by Gasteiger charge is 2.13. The molecule has 0 aliphatic carbocycles. The number of anilines is 2.